The van der Waals surface area contributed by atoms with Crippen LogP contribution in [-0.4, -0.2) is 24.6 Å². The summed E-state index contributed by atoms with van der Waals surface area (Å²) in [4.78, 5) is 4.12. The monoisotopic (exact) mass is 230 g/mol. The molecule has 0 aliphatic heterocycles. The molecule has 1 heterocycles. The van der Waals surface area contributed by atoms with E-state index >= 15 is 0 Å². The molecule has 1 rings (SSSR count). The fourth-order valence-corrected chi connectivity index (χ4v) is 1.25. The van der Waals surface area contributed by atoms with Crippen LogP contribution >= 0.6 is 0 Å². The van der Waals surface area contributed by atoms with Gasteiger partial charge in [-0.3, -0.25) is 4.98 Å². The molecule has 0 amide bonds. The van der Waals surface area contributed by atoms with E-state index in [1.807, 2.05) is 19.1 Å². The quantitative estimate of drug-likeness (QED) is 0.761. The van der Waals surface area contributed by atoms with Gasteiger partial charge in [-0.1, -0.05) is 6.07 Å². The molecule has 0 fully saturated rings. The zero-order valence-electron chi connectivity index (χ0n) is 9.20. The molecule has 3 nitrogen and oxygen atoms in total. The molecule has 0 aromatic carbocycles. The van der Waals surface area contributed by atoms with Crippen molar-refractivity contribution >= 4 is 0 Å². The van der Waals surface area contributed by atoms with Crippen molar-refractivity contribution in [2.45, 2.75) is 25.8 Å². The van der Waals surface area contributed by atoms with Crippen molar-refractivity contribution in [2.24, 2.45) is 5.73 Å². The van der Waals surface area contributed by atoms with Gasteiger partial charge in [0, 0.05) is 24.5 Å². The Morgan fingerprint density at radius 3 is 2.75 bits per heavy atom. The highest BCUT2D eigenvalue weighted by molar-refractivity contribution is 5.16. The molecule has 0 saturated carbocycles. The number of aromatic nitrogens is 1. The van der Waals surface area contributed by atoms with Crippen molar-refractivity contribution < 1.29 is 13.5 Å². The number of nitrogens with two attached hydrogens (primary N) is 1. The van der Waals surface area contributed by atoms with Crippen molar-refractivity contribution in [3.8, 4) is 0 Å². The van der Waals surface area contributed by atoms with Crippen LogP contribution in [0.4, 0.5) is 8.78 Å². The molecule has 0 aliphatic rings. The molecule has 0 radical (unpaired) electrons. The first-order valence-corrected chi connectivity index (χ1v) is 5.13. The van der Waals surface area contributed by atoms with Gasteiger partial charge in [-0.2, -0.15) is 0 Å². The van der Waals surface area contributed by atoms with Gasteiger partial charge in [-0.25, -0.2) is 8.78 Å². The molecule has 1 aromatic heterocycles. The zero-order chi connectivity index (χ0) is 12.0. The molecule has 1 aromatic rings. The lowest BCUT2D eigenvalue weighted by molar-refractivity contribution is 0.0152. The summed E-state index contributed by atoms with van der Waals surface area (Å²) >= 11 is 0. The largest absolute Gasteiger partial charge is 0.375 e. The maximum Gasteiger partial charge on any atom is 0.261 e. The SMILES string of the molecule is Cc1ccc(C(N)CCOCC(F)F)cn1. The van der Waals surface area contributed by atoms with E-state index in [4.69, 9.17) is 10.5 Å². The Morgan fingerprint density at radius 1 is 1.44 bits per heavy atom. The second-order valence-corrected chi connectivity index (χ2v) is 3.59. The second kappa shape index (κ2) is 6.50. The zero-order valence-corrected chi connectivity index (χ0v) is 9.20. The minimum absolute atomic E-state index is 0.217. The number of pyridine rings is 1. The lowest BCUT2D eigenvalue weighted by Crippen LogP contribution is -2.15. The first-order chi connectivity index (χ1) is 7.59. The molecule has 0 saturated heterocycles. The molecule has 2 N–H and O–H groups in total. The highest BCUT2D eigenvalue weighted by atomic mass is 19.3. The van der Waals surface area contributed by atoms with Crippen molar-refractivity contribution in [1.29, 1.82) is 0 Å². The molecule has 0 aliphatic carbocycles. The Morgan fingerprint density at radius 2 is 2.19 bits per heavy atom. The predicted octanol–water partition coefficient (Wildman–Crippen LogP) is 2.06. The van der Waals surface area contributed by atoms with Gasteiger partial charge >= 0.3 is 0 Å². The maximum atomic E-state index is 11.8. The second-order valence-electron chi connectivity index (χ2n) is 3.59. The number of hydrogen-bond donors (Lipinski definition) is 1. The van der Waals surface area contributed by atoms with E-state index in [0.29, 0.717) is 6.42 Å². The van der Waals surface area contributed by atoms with Crippen molar-refractivity contribution in [3.05, 3.63) is 29.6 Å². The fraction of sp³-hybridized carbons (Fsp3) is 0.545. The van der Waals surface area contributed by atoms with Gasteiger partial charge in [-0.05, 0) is 25.0 Å². The summed E-state index contributed by atoms with van der Waals surface area (Å²) in [6.45, 7) is 1.60. The summed E-state index contributed by atoms with van der Waals surface area (Å²) in [5, 5.41) is 0. The molecule has 1 unspecified atom stereocenters. The van der Waals surface area contributed by atoms with Crippen LogP contribution in [0.2, 0.25) is 0 Å². The number of rotatable bonds is 6. The Hall–Kier alpha value is -1.07. The highest BCUT2D eigenvalue weighted by Crippen LogP contribution is 2.13. The average molecular weight is 230 g/mol. The van der Waals surface area contributed by atoms with Crippen molar-refractivity contribution in [3.63, 3.8) is 0 Å². The van der Waals surface area contributed by atoms with Crippen LogP contribution < -0.4 is 5.73 Å². The molecule has 0 bridgehead atoms. The van der Waals surface area contributed by atoms with Crippen LogP contribution in [-0.2, 0) is 4.74 Å². The average Bonchev–Trinajstić information content (AvgIpc) is 2.25. The third-order valence-electron chi connectivity index (χ3n) is 2.18. The van der Waals surface area contributed by atoms with Crippen LogP contribution in [0.3, 0.4) is 0 Å². The predicted molar refractivity (Wildman–Crippen MR) is 57.3 cm³/mol. The fourth-order valence-electron chi connectivity index (χ4n) is 1.25. The van der Waals surface area contributed by atoms with Gasteiger partial charge < -0.3 is 10.5 Å². The number of halogens is 2. The van der Waals surface area contributed by atoms with Gasteiger partial charge in [0.05, 0.1) is 0 Å². The normalized spacial score (nSPS) is 13.1. The molecular formula is C11H16F2N2O. The molecule has 5 heteroatoms. The first kappa shape index (κ1) is 13.0. The van der Waals surface area contributed by atoms with Crippen LogP contribution in [0.5, 0.6) is 0 Å². The van der Waals surface area contributed by atoms with Gasteiger partial charge in [0.2, 0.25) is 0 Å². The summed E-state index contributed by atoms with van der Waals surface area (Å²) in [5.41, 5.74) is 7.67. The molecular weight excluding hydrogens is 214 g/mol. The summed E-state index contributed by atoms with van der Waals surface area (Å²) in [6.07, 6.45) is -0.206. The van der Waals surface area contributed by atoms with E-state index in [9.17, 15) is 8.78 Å². The minimum atomic E-state index is -2.42. The van der Waals surface area contributed by atoms with Crippen LogP contribution in [0.1, 0.15) is 23.7 Å². The molecule has 0 spiro atoms. The number of alkyl halides is 2. The highest BCUT2D eigenvalue weighted by Gasteiger charge is 2.07. The molecule has 1 atom stereocenters. The van der Waals surface area contributed by atoms with Crippen LogP contribution in [0.15, 0.2) is 18.3 Å². The smallest absolute Gasteiger partial charge is 0.261 e. The van der Waals surface area contributed by atoms with E-state index in [0.717, 1.165) is 11.3 Å². The lowest BCUT2D eigenvalue weighted by Gasteiger charge is -2.11. The lowest BCUT2D eigenvalue weighted by atomic mass is 10.1. The summed E-state index contributed by atoms with van der Waals surface area (Å²) in [7, 11) is 0. The third kappa shape index (κ3) is 4.63. The van der Waals surface area contributed by atoms with E-state index in [-0.39, 0.29) is 12.6 Å². The number of aryl methyl sites for hydroxylation is 1. The number of nitrogens with zero attached hydrogens (tertiary/aromatic N) is 1. The minimum Gasteiger partial charge on any atom is -0.375 e. The van der Waals surface area contributed by atoms with E-state index in [1.54, 1.807) is 6.20 Å². The Bertz CT molecular complexity index is 303. The van der Waals surface area contributed by atoms with Crippen molar-refractivity contribution in [2.75, 3.05) is 13.2 Å². The van der Waals surface area contributed by atoms with E-state index in [1.165, 1.54) is 0 Å². The van der Waals surface area contributed by atoms with Gasteiger partial charge in [-0.15, -0.1) is 0 Å². The van der Waals surface area contributed by atoms with Gasteiger partial charge in [0.1, 0.15) is 6.61 Å². The standard InChI is InChI=1S/C11H16F2N2O/c1-8-2-3-9(6-15-8)10(14)4-5-16-7-11(12)13/h2-3,6,10-11H,4-5,7,14H2,1H3. The number of hydrogen-bond acceptors (Lipinski definition) is 3. The topological polar surface area (TPSA) is 48.1 Å². The third-order valence-corrected chi connectivity index (χ3v) is 2.18. The van der Waals surface area contributed by atoms with Crippen LogP contribution in [0, 0.1) is 6.92 Å². The Balaban J connectivity index is 2.29. The first-order valence-electron chi connectivity index (χ1n) is 5.13. The van der Waals surface area contributed by atoms with E-state index in [2.05, 4.69) is 4.98 Å². The summed E-state index contributed by atoms with van der Waals surface area (Å²) in [6, 6.07) is 3.54. The van der Waals surface area contributed by atoms with Gasteiger partial charge in [0.15, 0.2) is 0 Å². The van der Waals surface area contributed by atoms with Gasteiger partial charge in [0.25, 0.3) is 6.43 Å². The van der Waals surface area contributed by atoms with Crippen molar-refractivity contribution in [1.82, 2.24) is 4.98 Å². The summed E-state index contributed by atoms with van der Waals surface area (Å²) < 4.78 is 28.3. The molecule has 16 heavy (non-hydrogen) atoms. The molecule has 90 valence electrons. The Labute approximate surface area is 93.6 Å². The van der Waals surface area contributed by atoms with Crippen LogP contribution in [0.25, 0.3) is 0 Å². The van der Waals surface area contributed by atoms with E-state index < -0.39 is 13.0 Å². The summed E-state index contributed by atoms with van der Waals surface area (Å²) in [5.74, 6) is 0. The number of ether oxygens (including phenoxy) is 1. The Kier molecular flexibility index (Phi) is 5.28. The maximum absolute atomic E-state index is 11.8.